The Labute approximate surface area is 116 Å². The van der Waals surface area contributed by atoms with Gasteiger partial charge in [-0.25, -0.2) is 0 Å². The zero-order valence-corrected chi connectivity index (χ0v) is 12.0. The monoisotopic (exact) mass is 266 g/mol. The van der Waals surface area contributed by atoms with Crippen molar-refractivity contribution in [1.29, 1.82) is 0 Å². The summed E-state index contributed by atoms with van der Waals surface area (Å²) in [6.45, 7) is 3.62. The van der Waals surface area contributed by atoms with Crippen molar-refractivity contribution >= 4 is 5.97 Å². The Bertz CT molecular complexity index is 318. The van der Waals surface area contributed by atoms with Gasteiger partial charge in [-0.2, -0.15) is 0 Å². The number of rotatable bonds is 2. The van der Waals surface area contributed by atoms with Gasteiger partial charge in [0.1, 0.15) is 6.10 Å². The number of hydrogen-bond donors (Lipinski definition) is 1. The lowest BCUT2D eigenvalue weighted by Crippen LogP contribution is -2.32. The fourth-order valence-electron chi connectivity index (χ4n) is 1.99. The maximum absolute atomic E-state index is 11.7. The molecule has 108 valence electrons. The Hall–Kier alpha value is -1.09. The Morgan fingerprint density at radius 1 is 1.05 bits per heavy atom. The largest absolute Gasteiger partial charge is 0.459 e. The molecule has 0 spiro atoms. The number of esters is 1. The van der Waals surface area contributed by atoms with Crippen LogP contribution in [-0.4, -0.2) is 23.3 Å². The summed E-state index contributed by atoms with van der Waals surface area (Å²) >= 11 is 0. The standard InChI is InChI=1S/C16H26O3/c1-13(2)16(18)19-15-12-10-8-6-4-3-5-7-9-11-14(15)17/h5-8,13-15,17H,3-4,9-12H2,1-2H3/b7-5-,8-6-. The van der Waals surface area contributed by atoms with Crippen molar-refractivity contribution < 1.29 is 14.6 Å². The van der Waals surface area contributed by atoms with Crippen molar-refractivity contribution in [2.75, 3.05) is 0 Å². The van der Waals surface area contributed by atoms with Gasteiger partial charge in [0, 0.05) is 0 Å². The molecule has 1 aliphatic rings. The van der Waals surface area contributed by atoms with Crippen molar-refractivity contribution in [2.45, 2.75) is 64.6 Å². The molecule has 0 amide bonds. The summed E-state index contributed by atoms with van der Waals surface area (Å²) in [6, 6.07) is 0. The van der Waals surface area contributed by atoms with E-state index in [-0.39, 0.29) is 18.0 Å². The summed E-state index contributed by atoms with van der Waals surface area (Å²) in [5.74, 6) is -0.375. The first-order chi connectivity index (χ1) is 9.11. The summed E-state index contributed by atoms with van der Waals surface area (Å²) in [5.41, 5.74) is 0. The van der Waals surface area contributed by atoms with Crippen LogP contribution >= 0.6 is 0 Å². The van der Waals surface area contributed by atoms with Crippen LogP contribution in [0.25, 0.3) is 0 Å². The average molecular weight is 266 g/mol. The third-order valence-corrected chi connectivity index (χ3v) is 3.25. The van der Waals surface area contributed by atoms with Gasteiger partial charge in [-0.1, -0.05) is 38.2 Å². The van der Waals surface area contributed by atoms with Crippen LogP contribution in [0.3, 0.4) is 0 Å². The van der Waals surface area contributed by atoms with Crippen molar-refractivity contribution in [2.24, 2.45) is 5.92 Å². The fourth-order valence-corrected chi connectivity index (χ4v) is 1.99. The first-order valence-corrected chi connectivity index (χ1v) is 7.30. The minimum Gasteiger partial charge on any atom is -0.459 e. The van der Waals surface area contributed by atoms with E-state index < -0.39 is 6.10 Å². The molecule has 3 heteroatoms. The third-order valence-electron chi connectivity index (χ3n) is 3.25. The second kappa shape index (κ2) is 8.92. The summed E-state index contributed by atoms with van der Waals surface area (Å²) in [6.07, 6.45) is 12.7. The number of aliphatic hydroxyl groups excluding tert-OH is 1. The van der Waals surface area contributed by atoms with E-state index in [4.69, 9.17) is 4.74 Å². The molecule has 19 heavy (non-hydrogen) atoms. The molecule has 1 aliphatic carbocycles. The number of hydrogen-bond acceptors (Lipinski definition) is 3. The van der Waals surface area contributed by atoms with Crippen molar-refractivity contribution in [1.82, 2.24) is 0 Å². The maximum Gasteiger partial charge on any atom is 0.308 e. The van der Waals surface area contributed by atoms with Crippen molar-refractivity contribution in [3.63, 3.8) is 0 Å². The summed E-state index contributed by atoms with van der Waals surface area (Å²) in [5, 5.41) is 10.1. The Morgan fingerprint density at radius 2 is 1.58 bits per heavy atom. The molecule has 0 aromatic heterocycles. The maximum atomic E-state index is 11.7. The molecule has 1 N–H and O–H groups in total. The number of allylic oxidation sites excluding steroid dienone is 4. The second-order valence-electron chi connectivity index (χ2n) is 5.37. The minimum atomic E-state index is -0.569. The molecule has 0 aromatic rings. The van der Waals surface area contributed by atoms with Gasteiger partial charge >= 0.3 is 5.97 Å². The van der Waals surface area contributed by atoms with E-state index in [2.05, 4.69) is 24.3 Å². The van der Waals surface area contributed by atoms with Gasteiger partial charge < -0.3 is 9.84 Å². The van der Waals surface area contributed by atoms with Gasteiger partial charge in [-0.05, 0) is 38.5 Å². The minimum absolute atomic E-state index is 0.149. The third kappa shape index (κ3) is 6.58. The summed E-state index contributed by atoms with van der Waals surface area (Å²) in [4.78, 5) is 11.7. The quantitative estimate of drug-likeness (QED) is 0.615. The lowest BCUT2D eigenvalue weighted by atomic mass is 10.0. The van der Waals surface area contributed by atoms with Crippen molar-refractivity contribution in [3.8, 4) is 0 Å². The first-order valence-electron chi connectivity index (χ1n) is 7.30. The van der Waals surface area contributed by atoms with Crippen LogP contribution < -0.4 is 0 Å². The molecule has 0 fully saturated rings. The number of carbonyl (C=O) groups is 1. The predicted octanol–water partition coefficient (Wildman–Crippen LogP) is 3.38. The average Bonchev–Trinajstić information content (AvgIpc) is 2.37. The Kier molecular flexibility index (Phi) is 7.49. The van der Waals surface area contributed by atoms with Gasteiger partial charge in [0.2, 0.25) is 0 Å². The van der Waals surface area contributed by atoms with E-state index in [1.807, 2.05) is 13.8 Å². The van der Waals surface area contributed by atoms with Gasteiger partial charge in [0.05, 0.1) is 12.0 Å². The molecule has 0 aliphatic heterocycles. The van der Waals surface area contributed by atoms with Gasteiger partial charge in [-0.3, -0.25) is 4.79 Å². The zero-order valence-electron chi connectivity index (χ0n) is 12.0. The highest BCUT2D eigenvalue weighted by atomic mass is 16.6. The predicted molar refractivity (Wildman–Crippen MR) is 76.7 cm³/mol. The van der Waals surface area contributed by atoms with Gasteiger partial charge in [0.15, 0.2) is 0 Å². The molecule has 0 bridgehead atoms. The van der Waals surface area contributed by atoms with E-state index >= 15 is 0 Å². The molecule has 0 aromatic carbocycles. The van der Waals surface area contributed by atoms with Crippen molar-refractivity contribution in [3.05, 3.63) is 24.3 Å². The molecule has 1 rings (SSSR count). The molecule has 0 heterocycles. The van der Waals surface area contributed by atoms with E-state index in [1.165, 1.54) is 0 Å². The second-order valence-corrected chi connectivity index (χ2v) is 5.37. The van der Waals surface area contributed by atoms with Crippen LogP contribution in [-0.2, 0) is 9.53 Å². The normalized spacial score (nSPS) is 29.1. The van der Waals surface area contributed by atoms with Crippen LogP contribution in [0.5, 0.6) is 0 Å². The summed E-state index contributed by atoms with van der Waals surface area (Å²) in [7, 11) is 0. The summed E-state index contributed by atoms with van der Waals surface area (Å²) < 4.78 is 5.42. The molecule has 0 saturated carbocycles. The molecular formula is C16H26O3. The number of carbonyl (C=O) groups excluding carboxylic acids is 1. The highest BCUT2D eigenvalue weighted by Crippen LogP contribution is 2.16. The van der Waals surface area contributed by atoms with Gasteiger partial charge in [0.25, 0.3) is 0 Å². The van der Waals surface area contributed by atoms with E-state index in [0.29, 0.717) is 12.8 Å². The SMILES string of the molecule is CC(C)C(=O)OC1CC/C=C\CC/C=C\CCC1O. The Morgan fingerprint density at radius 3 is 2.16 bits per heavy atom. The Balaban J connectivity index is 2.59. The topological polar surface area (TPSA) is 46.5 Å². The first kappa shape index (κ1) is 16.0. The van der Waals surface area contributed by atoms with Crippen LogP contribution in [0.1, 0.15) is 52.4 Å². The van der Waals surface area contributed by atoms with Gasteiger partial charge in [-0.15, -0.1) is 0 Å². The van der Waals surface area contributed by atoms with E-state index in [1.54, 1.807) is 0 Å². The lowest BCUT2D eigenvalue weighted by molar-refractivity contribution is -0.159. The smallest absolute Gasteiger partial charge is 0.308 e. The van der Waals surface area contributed by atoms with Crippen LogP contribution in [0, 0.1) is 5.92 Å². The highest BCUT2D eigenvalue weighted by molar-refractivity contribution is 5.71. The van der Waals surface area contributed by atoms with E-state index in [9.17, 15) is 9.90 Å². The molecular weight excluding hydrogens is 240 g/mol. The highest BCUT2D eigenvalue weighted by Gasteiger charge is 2.23. The number of aliphatic hydroxyl groups is 1. The van der Waals surface area contributed by atoms with Crippen LogP contribution in [0.15, 0.2) is 24.3 Å². The van der Waals surface area contributed by atoms with Crippen LogP contribution in [0.4, 0.5) is 0 Å². The fraction of sp³-hybridized carbons (Fsp3) is 0.688. The molecule has 2 atom stereocenters. The van der Waals surface area contributed by atoms with E-state index in [0.717, 1.165) is 25.7 Å². The molecule has 3 nitrogen and oxygen atoms in total. The zero-order chi connectivity index (χ0) is 14.1. The number of ether oxygens (including phenoxy) is 1. The lowest BCUT2D eigenvalue weighted by Gasteiger charge is -2.23. The molecule has 2 unspecified atom stereocenters. The van der Waals surface area contributed by atoms with Crippen LogP contribution in [0.2, 0.25) is 0 Å². The molecule has 0 saturated heterocycles. The molecule has 0 radical (unpaired) electrons.